The summed E-state index contributed by atoms with van der Waals surface area (Å²) in [6.07, 6.45) is 5.71. The van der Waals surface area contributed by atoms with Crippen LogP contribution in [0.2, 0.25) is 0 Å². The number of rotatable bonds is 12. The summed E-state index contributed by atoms with van der Waals surface area (Å²) in [5, 5.41) is 0. The summed E-state index contributed by atoms with van der Waals surface area (Å²) in [5.74, 6) is 2.19. The highest BCUT2D eigenvalue weighted by molar-refractivity contribution is 5.91. The zero-order valence-corrected chi connectivity index (χ0v) is 17.3. The molecule has 2 rings (SSSR count). The second-order valence-electron chi connectivity index (χ2n) is 7.15. The van der Waals surface area contributed by atoms with E-state index in [0.717, 1.165) is 24.3 Å². The van der Waals surface area contributed by atoms with Gasteiger partial charge in [0, 0.05) is 0 Å². The van der Waals surface area contributed by atoms with Crippen LogP contribution in [-0.2, 0) is 0 Å². The van der Waals surface area contributed by atoms with Crippen LogP contribution in [0.3, 0.4) is 0 Å². The summed E-state index contributed by atoms with van der Waals surface area (Å²) in [6, 6.07) is 14.2. The van der Waals surface area contributed by atoms with Gasteiger partial charge in [0.25, 0.3) is 0 Å². The minimum Gasteiger partial charge on any atom is -0.494 e. The number of ether oxygens (including phenoxy) is 3. The zero-order valence-electron chi connectivity index (χ0n) is 17.3. The molecule has 0 saturated heterocycles. The Morgan fingerprint density at radius 1 is 0.821 bits per heavy atom. The Hall–Kier alpha value is -2.49. The molecule has 0 saturated carbocycles. The lowest BCUT2D eigenvalue weighted by molar-refractivity contribution is 0.0734. The van der Waals surface area contributed by atoms with Gasteiger partial charge in [-0.25, -0.2) is 4.79 Å². The van der Waals surface area contributed by atoms with Crippen molar-refractivity contribution in [2.45, 2.75) is 52.9 Å². The van der Waals surface area contributed by atoms with Crippen molar-refractivity contribution in [2.75, 3.05) is 13.2 Å². The second kappa shape index (κ2) is 12.1. The number of carbonyl (C=O) groups is 1. The molecule has 152 valence electrons. The van der Waals surface area contributed by atoms with Crippen LogP contribution in [0, 0.1) is 5.92 Å². The van der Waals surface area contributed by atoms with Crippen LogP contribution in [-0.4, -0.2) is 19.2 Å². The van der Waals surface area contributed by atoms with Gasteiger partial charge in [-0.3, -0.25) is 0 Å². The molecule has 0 spiro atoms. The third-order valence-electron chi connectivity index (χ3n) is 4.48. The summed E-state index contributed by atoms with van der Waals surface area (Å²) in [4.78, 5) is 12.3. The summed E-state index contributed by atoms with van der Waals surface area (Å²) in [6.45, 7) is 7.90. The van der Waals surface area contributed by atoms with Crippen LogP contribution in [0.5, 0.6) is 17.2 Å². The summed E-state index contributed by atoms with van der Waals surface area (Å²) in [7, 11) is 0. The van der Waals surface area contributed by atoms with Crippen molar-refractivity contribution in [3.63, 3.8) is 0 Å². The Labute approximate surface area is 168 Å². The van der Waals surface area contributed by atoms with Crippen LogP contribution in [0.1, 0.15) is 63.2 Å². The van der Waals surface area contributed by atoms with E-state index < -0.39 is 0 Å². The molecule has 0 unspecified atom stereocenters. The topological polar surface area (TPSA) is 44.8 Å². The first kappa shape index (κ1) is 21.8. The number of hydrogen-bond donors (Lipinski definition) is 0. The normalized spacial score (nSPS) is 11.7. The lowest BCUT2D eigenvalue weighted by Gasteiger charge is -2.13. The van der Waals surface area contributed by atoms with Gasteiger partial charge in [-0.2, -0.15) is 0 Å². The van der Waals surface area contributed by atoms with Crippen molar-refractivity contribution in [3.8, 4) is 17.2 Å². The highest BCUT2D eigenvalue weighted by Gasteiger charge is 2.10. The van der Waals surface area contributed by atoms with Gasteiger partial charge in [0.2, 0.25) is 0 Å². The molecular weight excluding hydrogens is 352 g/mol. The van der Waals surface area contributed by atoms with Crippen molar-refractivity contribution in [2.24, 2.45) is 5.92 Å². The standard InChI is InChI=1S/C24H32O4/c1-4-6-8-19(3)18-27-22-11-9-20(10-12-22)24(25)28-23-15-13-21(14-16-23)26-17-7-5-2/h9-16,19H,4-8,17-18H2,1-3H3/t19-/m0/s1. The molecule has 0 radical (unpaired) electrons. The van der Waals surface area contributed by atoms with E-state index >= 15 is 0 Å². The fourth-order valence-electron chi connectivity index (χ4n) is 2.67. The molecule has 0 aromatic heterocycles. The van der Waals surface area contributed by atoms with E-state index in [4.69, 9.17) is 14.2 Å². The Balaban J connectivity index is 1.82. The van der Waals surface area contributed by atoms with E-state index in [0.29, 0.717) is 30.4 Å². The van der Waals surface area contributed by atoms with Crippen LogP contribution in [0.25, 0.3) is 0 Å². The maximum absolute atomic E-state index is 12.3. The van der Waals surface area contributed by atoms with Gasteiger partial charge in [0.15, 0.2) is 0 Å². The Morgan fingerprint density at radius 2 is 1.39 bits per heavy atom. The van der Waals surface area contributed by atoms with E-state index in [1.165, 1.54) is 19.3 Å². The lowest BCUT2D eigenvalue weighted by Crippen LogP contribution is -2.10. The smallest absolute Gasteiger partial charge is 0.343 e. The van der Waals surface area contributed by atoms with Gasteiger partial charge in [-0.15, -0.1) is 0 Å². The van der Waals surface area contributed by atoms with E-state index in [9.17, 15) is 4.79 Å². The molecule has 0 N–H and O–H groups in total. The second-order valence-corrected chi connectivity index (χ2v) is 7.15. The number of benzene rings is 2. The molecule has 0 aliphatic rings. The molecule has 0 aliphatic heterocycles. The molecule has 4 heteroatoms. The molecule has 1 atom stereocenters. The minimum atomic E-state index is -0.387. The van der Waals surface area contributed by atoms with Crippen molar-refractivity contribution < 1.29 is 19.0 Å². The number of hydrogen-bond acceptors (Lipinski definition) is 4. The Bertz CT molecular complexity index is 692. The molecule has 0 aliphatic carbocycles. The third-order valence-corrected chi connectivity index (χ3v) is 4.48. The average Bonchev–Trinajstić information content (AvgIpc) is 2.72. The first-order chi connectivity index (χ1) is 13.6. The Morgan fingerprint density at radius 3 is 2.04 bits per heavy atom. The summed E-state index contributed by atoms with van der Waals surface area (Å²) < 4.78 is 16.8. The molecule has 28 heavy (non-hydrogen) atoms. The molecule has 2 aromatic carbocycles. The van der Waals surface area contributed by atoms with E-state index in [-0.39, 0.29) is 5.97 Å². The number of esters is 1. The molecule has 0 amide bonds. The Kier molecular flexibility index (Phi) is 9.40. The molecule has 4 nitrogen and oxygen atoms in total. The van der Waals surface area contributed by atoms with Gasteiger partial charge in [-0.05, 0) is 67.3 Å². The third kappa shape index (κ3) is 7.63. The first-order valence-corrected chi connectivity index (χ1v) is 10.3. The highest BCUT2D eigenvalue weighted by atomic mass is 16.5. The van der Waals surface area contributed by atoms with Crippen LogP contribution < -0.4 is 14.2 Å². The molecule has 2 aromatic rings. The maximum atomic E-state index is 12.3. The average molecular weight is 385 g/mol. The highest BCUT2D eigenvalue weighted by Crippen LogP contribution is 2.20. The van der Waals surface area contributed by atoms with Gasteiger partial charge >= 0.3 is 5.97 Å². The van der Waals surface area contributed by atoms with Crippen molar-refractivity contribution >= 4 is 5.97 Å². The number of carbonyl (C=O) groups excluding carboxylic acids is 1. The quantitative estimate of drug-likeness (QED) is 0.245. The van der Waals surface area contributed by atoms with Crippen molar-refractivity contribution in [1.82, 2.24) is 0 Å². The largest absolute Gasteiger partial charge is 0.494 e. The van der Waals surface area contributed by atoms with Crippen molar-refractivity contribution in [3.05, 3.63) is 54.1 Å². The van der Waals surface area contributed by atoms with Crippen LogP contribution >= 0.6 is 0 Å². The van der Waals surface area contributed by atoms with Gasteiger partial charge in [-0.1, -0.05) is 40.0 Å². The van der Waals surface area contributed by atoms with Gasteiger partial charge in [0.1, 0.15) is 17.2 Å². The van der Waals surface area contributed by atoms with E-state index in [2.05, 4.69) is 20.8 Å². The maximum Gasteiger partial charge on any atom is 0.343 e. The zero-order chi connectivity index (χ0) is 20.2. The summed E-state index contributed by atoms with van der Waals surface area (Å²) in [5.41, 5.74) is 0.495. The monoisotopic (exact) mass is 384 g/mol. The van der Waals surface area contributed by atoms with E-state index in [1.54, 1.807) is 24.3 Å². The predicted octanol–water partition coefficient (Wildman–Crippen LogP) is 6.29. The SMILES string of the molecule is CCCCOc1ccc(OC(=O)c2ccc(OC[C@@H](C)CCCC)cc2)cc1. The minimum absolute atomic E-state index is 0.387. The van der Waals surface area contributed by atoms with Crippen molar-refractivity contribution in [1.29, 1.82) is 0 Å². The van der Waals surface area contributed by atoms with E-state index in [1.807, 2.05) is 24.3 Å². The van der Waals surface area contributed by atoms with Gasteiger partial charge < -0.3 is 14.2 Å². The fourth-order valence-corrected chi connectivity index (χ4v) is 2.67. The predicted molar refractivity (Wildman–Crippen MR) is 112 cm³/mol. The molecule has 0 bridgehead atoms. The van der Waals surface area contributed by atoms with Gasteiger partial charge in [0.05, 0.1) is 18.8 Å². The molecular formula is C24H32O4. The van der Waals surface area contributed by atoms with Crippen LogP contribution in [0.4, 0.5) is 0 Å². The molecule has 0 heterocycles. The summed E-state index contributed by atoms with van der Waals surface area (Å²) >= 11 is 0. The fraction of sp³-hybridized carbons (Fsp3) is 0.458. The first-order valence-electron chi connectivity index (χ1n) is 10.3. The number of unbranched alkanes of at least 4 members (excludes halogenated alkanes) is 2. The van der Waals surface area contributed by atoms with Crippen LogP contribution in [0.15, 0.2) is 48.5 Å². The lowest BCUT2D eigenvalue weighted by atomic mass is 10.1. The molecule has 0 fully saturated rings.